The lowest BCUT2D eigenvalue weighted by molar-refractivity contribution is -0.120. The van der Waals surface area contributed by atoms with Gasteiger partial charge in [-0.15, -0.1) is 11.3 Å². The SMILES string of the molecule is Cc1ccc(S(=O)(=O)N2CCCC(C(=O)Nc3c(C)cccc3C)C2)s1. The Morgan fingerprint density at radius 3 is 2.46 bits per heavy atom. The number of sulfonamides is 1. The minimum absolute atomic E-state index is 0.107. The van der Waals surface area contributed by atoms with E-state index < -0.39 is 10.0 Å². The van der Waals surface area contributed by atoms with Gasteiger partial charge in [0.25, 0.3) is 10.0 Å². The third kappa shape index (κ3) is 3.84. The second-order valence-corrected chi connectivity index (χ2v) is 10.3. The highest BCUT2D eigenvalue weighted by Crippen LogP contribution is 2.29. The van der Waals surface area contributed by atoms with Gasteiger partial charge in [0.15, 0.2) is 0 Å². The van der Waals surface area contributed by atoms with Crippen LogP contribution in [-0.2, 0) is 14.8 Å². The van der Waals surface area contributed by atoms with E-state index in [1.54, 1.807) is 6.07 Å². The van der Waals surface area contributed by atoms with Gasteiger partial charge < -0.3 is 5.32 Å². The highest BCUT2D eigenvalue weighted by molar-refractivity contribution is 7.91. The lowest BCUT2D eigenvalue weighted by atomic mass is 9.98. The van der Waals surface area contributed by atoms with E-state index in [9.17, 15) is 13.2 Å². The van der Waals surface area contributed by atoms with Gasteiger partial charge in [0.1, 0.15) is 4.21 Å². The summed E-state index contributed by atoms with van der Waals surface area (Å²) in [6.45, 7) is 6.50. The molecule has 0 radical (unpaired) electrons. The number of amides is 1. The van der Waals surface area contributed by atoms with E-state index >= 15 is 0 Å². The van der Waals surface area contributed by atoms with Gasteiger partial charge in [-0.1, -0.05) is 18.2 Å². The Balaban J connectivity index is 1.75. The van der Waals surface area contributed by atoms with E-state index in [4.69, 9.17) is 0 Å². The number of anilines is 1. The molecule has 0 spiro atoms. The summed E-state index contributed by atoms with van der Waals surface area (Å²) in [4.78, 5) is 13.7. The molecule has 0 saturated carbocycles. The van der Waals surface area contributed by atoms with E-state index in [-0.39, 0.29) is 18.4 Å². The van der Waals surface area contributed by atoms with Gasteiger partial charge >= 0.3 is 0 Å². The minimum atomic E-state index is -3.52. The zero-order valence-corrected chi connectivity index (χ0v) is 16.9. The number of piperidine rings is 1. The van der Waals surface area contributed by atoms with Crippen molar-refractivity contribution in [1.82, 2.24) is 4.31 Å². The number of carbonyl (C=O) groups excluding carboxylic acids is 1. The molecule has 1 aromatic heterocycles. The number of carbonyl (C=O) groups is 1. The molecule has 3 rings (SSSR count). The third-order valence-electron chi connectivity index (χ3n) is 4.79. The van der Waals surface area contributed by atoms with Crippen LogP contribution < -0.4 is 5.32 Å². The van der Waals surface area contributed by atoms with Gasteiger partial charge in [-0.2, -0.15) is 4.31 Å². The second-order valence-electron chi connectivity index (χ2n) is 6.82. The Hall–Kier alpha value is -1.70. The summed E-state index contributed by atoms with van der Waals surface area (Å²) >= 11 is 1.27. The summed E-state index contributed by atoms with van der Waals surface area (Å²) in [7, 11) is -3.52. The maximum Gasteiger partial charge on any atom is 0.252 e. The largest absolute Gasteiger partial charge is 0.325 e. The lowest BCUT2D eigenvalue weighted by Crippen LogP contribution is -2.43. The van der Waals surface area contributed by atoms with Crippen LogP contribution in [0.3, 0.4) is 0 Å². The standard InChI is InChI=1S/C19H24N2O3S2/c1-13-6-4-7-14(2)18(13)20-19(22)16-8-5-11-21(12-16)26(23,24)17-10-9-15(3)25-17/h4,6-7,9-10,16H,5,8,11-12H2,1-3H3,(H,20,22). The van der Waals surface area contributed by atoms with E-state index in [2.05, 4.69) is 5.32 Å². The lowest BCUT2D eigenvalue weighted by Gasteiger charge is -2.31. The smallest absolute Gasteiger partial charge is 0.252 e. The molecular formula is C19H24N2O3S2. The number of hydrogen-bond acceptors (Lipinski definition) is 4. The predicted molar refractivity (Wildman–Crippen MR) is 105 cm³/mol. The summed E-state index contributed by atoms with van der Waals surface area (Å²) in [5.41, 5.74) is 2.84. The Morgan fingerprint density at radius 1 is 1.15 bits per heavy atom. The molecule has 1 atom stereocenters. The van der Waals surface area contributed by atoms with Crippen molar-refractivity contribution >= 4 is 33.0 Å². The van der Waals surface area contributed by atoms with Gasteiger partial charge in [-0.25, -0.2) is 8.42 Å². The Bertz CT molecular complexity index is 898. The van der Waals surface area contributed by atoms with Crippen molar-refractivity contribution in [2.75, 3.05) is 18.4 Å². The number of nitrogens with zero attached hydrogens (tertiary/aromatic N) is 1. The molecule has 1 N–H and O–H groups in total. The average Bonchev–Trinajstić information content (AvgIpc) is 3.05. The molecule has 140 valence electrons. The molecule has 26 heavy (non-hydrogen) atoms. The number of benzene rings is 1. The summed E-state index contributed by atoms with van der Waals surface area (Å²) in [6.07, 6.45) is 1.39. The summed E-state index contributed by atoms with van der Waals surface area (Å²) in [5.74, 6) is -0.441. The Labute approximate surface area is 159 Å². The van der Waals surface area contributed by atoms with E-state index in [0.29, 0.717) is 23.6 Å². The van der Waals surface area contributed by atoms with Gasteiger partial charge in [0.05, 0.1) is 5.92 Å². The predicted octanol–water partition coefficient (Wildman–Crippen LogP) is 3.71. The van der Waals surface area contributed by atoms with Gasteiger partial charge in [-0.3, -0.25) is 4.79 Å². The van der Waals surface area contributed by atoms with Crippen molar-refractivity contribution in [3.63, 3.8) is 0 Å². The molecule has 7 heteroatoms. The highest BCUT2D eigenvalue weighted by Gasteiger charge is 2.34. The zero-order valence-electron chi connectivity index (χ0n) is 15.3. The molecule has 1 amide bonds. The van der Waals surface area contributed by atoms with Crippen molar-refractivity contribution in [2.24, 2.45) is 5.92 Å². The molecule has 0 aliphatic carbocycles. The van der Waals surface area contributed by atoms with Crippen molar-refractivity contribution in [2.45, 2.75) is 37.8 Å². The fourth-order valence-electron chi connectivity index (χ4n) is 3.29. The number of aryl methyl sites for hydroxylation is 3. The number of nitrogens with one attached hydrogen (secondary N) is 1. The third-order valence-corrected chi connectivity index (χ3v) is 8.13. The molecule has 1 aliphatic heterocycles. The molecule has 0 bridgehead atoms. The van der Waals surface area contributed by atoms with Crippen LogP contribution >= 0.6 is 11.3 Å². The maximum absolute atomic E-state index is 12.8. The van der Waals surface area contributed by atoms with Crippen LogP contribution in [0.1, 0.15) is 28.8 Å². The van der Waals surface area contributed by atoms with Crippen molar-refractivity contribution in [3.8, 4) is 0 Å². The van der Waals surface area contributed by atoms with Crippen LogP contribution in [0, 0.1) is 26.7 Å². The molecule has 5 nitrogen and oxygen atoms in total. The maximum atomic E-state index is 12.8. The van der Waals surface area contributed by atoms with Gasteiger partial charge in [0, 0.05) is 23.7 Å². The normalized spacial score (nSPS) is 18.7. The van der Waals surface area contributed by atoms with Crippen LogP contribution in [0.4, 0.5) is 5.69 Å². The average molecular weight is 393 g/mol. The van der Waals surface area contributed by atoms with E-state index in [0.717, 1.165) is 21.7 Å². The molecule has 1 aromatic carbocycles. The first kappa shape index (κ1) is 19.1. The fourth-order valence-corrected chi connectivity index (χ4v) is 6.25. The van der Waals surface area contributed by atoms with Gasteiger partial charge in [-0.05, 0) is 56.9 Å². The van der Waals surface area contributed by atoms with Crippen molar-refractivity contribution in [1.29, 1.82) is 0 Å². The van der Waals surface area contributed by atoms with Gasteiger partial charge in [0.2, 0.25) is 5.91 Å². The number of para-hydroxylation sites is 1. The molecule has 2 heterocycles. The minimum Gasteiger partial charge on any atom is -0.325 e. The van der Waals surface area contributed by atoms with E-state index in [1.807, 2.05) is 45.0 Å². The first-order valence-corrected chi connectivity index (χ1v) is 11.0. The monoisotopic (exact) mass is 392 g/mol. The topological polar surface area (TPSA) is 66.5 Å². The quantitative estimate of drug-likeness (QED) is 0.862. The molecule has 2 aromatic rings. The molecule has 1 unspecified atom stereocenters. The van der Waals surface area contributed by atoms with Crippen LogP contribution in [0.2, 0.25) is 0 Å². The molecule has 1 saturated heterocycles. The number of thiophene rings is 1. The first-order valence-electron chi connectivity index (χ1n) is 8.72. The zero-order chi connectivity index (χ0) is 18.9. The van der Waals surface area contributed by atoms with Crippen LogP contribution in [0.5, 0.6) is 0 Å². The van der Waals surface area contributed by atoms with Crippen LogP contribution in [-0.4, -0.2) is 31.7 Å². The highest BCUT2D eigenvalue weighted by atomic mass is 32.2. The summed E-state index contributed by atoms with van der Waals surface area (Å²) < 4.78 is 27.5. The molecule has 1 fully saturated rings. The van der Waals surface area contributed by atoms with Crippen LogP contribution in [0.25, 0.3) is 0 Å². The number of hydrogen-bond donors (Lipinski definition) is 1. The Morgan fingerprint density at radius 2 is 1.85 bits per heavy atom. The van der Waals surface area contributed by atoms with Crippen LogP contribution in [0.15, 0.2) is 34.5 Å². The molecular weight excluding hydrogens is 368 g/mol. The summed E-state index contributed by atoms with van der Waals surface area (Å²) in [5, 5.41) is 3.01. The second kappa shape index (κ2) is 7.50. The first-order chi connectivity index (χ1) is 12.3. The number of rotatable bonds is 4. The van der Waals surface area contributed by atoms with E-state index in [1.165, 1.54) is 15.6 Å². The molecule has 1 aliphatic rings. The Kier molecular flexibility index (Phi) is 5.50. The van der Waals surface area contributed by atoms with Crippen molar-refractivity contribution in [3.05, 3.63) is 46.3 Å². The fraction of sp³-hybridized carbons (Fsp3) is 0.421. The summed E-state index contributed by atoms with van der Waals surface area (Å²) in [6, 6.07) is 9.33. The van der Waals surface area contributed by atoms with Crippen molar-refractivity contribution < 1.29 is 13.2 Å².